The van der Waals surface area contributed by atoms with Gasteiger partial charge in [-0.25, -0.2) is 0 Å². The van der Waals surface area contributed by atoms with Crippen molar-refractivity contribution in [2.75, 3.05) is 13.2 Å². The van der Waals surface area contributed by atoms with Gasteiger partial charge >= 0.3 is 5.97 Å². The third kappa shape index (κ3) is 6.39. The minimum atomic E-state index is -1.79. The van der Waals surface area contributed by atoms with Crippen LogP contribution in [-0.2, 0) is 23.8 Å². The average molecular weight is 452 g/mol. The molecular formula is C20H24N2O10. The number of aliphatic hydroxyl groups is 1. The maximum absolute atomic E-state index is 12.9. The van der Waals surface area contributed by atoms with Crippen molar-refractivity contribution in [3.63, 3.8) is 0 Å². The zero-order valence-corrected chi connectivity index (χ0v) is 17.8. The van der Waals surface area contributed by atoms with Crippen LogP contribution >= 0.6 is 0 Å². The molecule has 1 aromatic carbocycles. The molecule has 2 rings (SSSR count). The number of hydrogen-bond donors (Lipinski definition) is 1. The summed E-state index contributed by atoms with van der Waals surface area (Å²) in [4.78, 5) is 44.7. The number of benzene rings is 1. The van der Waals surface area contributed by atoms with E-state index in [1.54, 1.807) is 0 Å². The molecule has 0 saturated carbocycles. The van der Waals surface area contributed by atoms with Crippen LogP contribution in [0, 0.1) is 26.1 Å². The smallest absolute Gasteiger partial charge is 0.302 e. The number of nitrogens with zero attached hydrogens (tertiary/aromatic N) is 2. The molecule has 12 nitrogen and oxygen atoms in total. The van der Waals surface area contributed by atoms with Gasteiger partial charge in [0, 0.05) is 18.6 Å². The van der Waals surface area contributed by atoms with E-state index in [2.05, 4.69) is 0 Å². The number of nitro groups is 2. The van der Waals surface area contributed by atoms with Crippen LogP contribution in [0.25, 0.3) is 0 Å². The molecule has 0 amide bonds. The lowest BCUT2D eigenvalue weighted by Gasteiger charge is -2.29. The fourth-order valence-electron chi connectivity index (χ4n) is 2.92. The van der Waals surface area contributed by atoms with E-state index >= 15 is 0 Å². The lowest BCUT2D eigenvalue weighted by molar-refractivity contribution is -0.394. The number of carbonyl (C=O) groups is 2. The number of Topliss-reactive ketones (excluding diaryl/α,β-unsaturated/α-hetero) is 1. The molecule has 12 heteroatoms. The molecule has 0 radical (unpaired) electrons. The first-order valence-electron chi connectivity index (χ1n) is 9.78. The van der Waals surface area contributed by atoms with E-state index in [1.165, 1.54) is 6.08 Å². The second-order valence-corrected chi connectivity index (χ2v) is 7.50. The summed E-state index contributed by atoms with van der Waals surface area (Å²) in [7, 11) is 0. The Morgan fingerprint density at radius 3 is 2.50 bits per heavy atom. The molecule has 1 aromatic rings. The lowest BCUT2D eigenvalue weighted by Crippen LogP contribution is -2.41. The molecule has 1 heterocycles. The van der Waals surface area contributed by atoms with Crippen molar-refractivity contribution in [2.24, 2.45) is 5.92 Å². The Balaban J connectivity index is 2.40. The van der Waals surface area contributed by atoms with Crippen molar-refractivity contribution >= 4 is 23.1 Å². The first-order valence-corrected chi connectivity index (χ1v) is 9.78. The Kier molecular flexibility index (Phi) is 8.52. The maximum Gasteiger partial charge on any atom is 0.302 e. The van der Waals surface area contributed by atoms with Gasteiger partial charge in [0.15, 0.2) is 18.2 Å². The van der Waals surface area contributed by atoms with Crippen LogP contribution < -0.4 is 0 Å². The van der Waals surface area contributed by atoms with Crippen LogP contribution in [-0.4, -0.2) is 52.3 Å². The van der Waals surface area contributed by atoms with Gasteiger partial charge in [-0.1, -0.05) is 13.8 Å². The highest BCUT2D eigenvalue weighted by Gasteiger charge is 2.38. The fourth-order valence-corrected chi connectivity index (χ4v) is 2.92. The molecule has 1 aliphatic heterocycles. The van der Waals surface area contributed by atoms with E-state index in [1.807, 2.05) is 13.8 Å². The number of ether oxygens (including phenoxy) is 3. The summed E-state index contributed by atoms with van der Waals surface area (Å²) in [5, 5.41) is 33.2. The van der Waals surface area contributed by atoms with Gasteiger partial charge in [0.2, 0.25) is 0 Å². The van der Waals surface area contributed by atoms with Gasteiger partial charge < -0.3 is 19.3 Å². The van der Waals surface area contributed by atoms with Crippen LogP contribution in [0.3, 0.4) is 0 Å². The van der Waals surface area contributed by atoms with Gasteiger partial charge in [0.1, 0.15) is 12.7 Å². The molecule has 3 atom stereocenters. The quantitative estimate of drug-likeness (QED) is 0.316. The van der Waals surface area contributed by atoms with Gasteiger partial charge in [-0.15, -0.1) is 0 Å². The highest BCUT2D eigenvalue weighted by molar-refractivity contribution is 6.01. The predicted octanol–water partition coefficient (Wildman–Crippen LogP) is 2.38. The standard InChI is InChI=1S/C20H24N2O10/c1-11(2)6-7-30-18-9-15(20(25)17(32-18)10-31-12(3)23)19(24)14-5-4-13(21(26)27)8-16(14)22(28)29/h4-5,8-9,11,17-19,24H,6-7,10H2,1-3H3/t17-,18+,19-/m1/s1. The number of rotatable bonds is 10. The largest absolute Gasteiger partial charge is 0.463 e. The van der Waals surface area contributed by atoms with Gasteiger partial charge in [0.05, 0.1) is 28.1 Å². The van der Waals surface area contributed by atoms with Crippen molar-refractivity contribution in [1.29, 1.82) is 0 Å². The van der Waals surface area contributed by atoms with Gasteiger partial charge in [-0.3, -0.25) is 29.8 Å². The SMILES string of the molecule is CC(=O)OC[C@H]1O[C@H](OCCC(C)C)C=C([C@H](O)c2ccc([N+](=O)[O-])cc2[N+](=O)[O-])C1=O. The second-order valence-electron chi connectivity index (χ2n) is 7.50. The summed E-state index contributed by atoms with van der Waals surface area (Å²) < 4.78 is 16.0. The third-order valence-corrected chi connectivity index (χ3v) is 4.62. The topological polar surface area (TPSA) is 168 Å². The molecule has 0 unspecified atom stereocenters. The molecule has 0 aliphatic carbocycles. The Morgan fingerprint density at radius 2 is 1.94 bits per heavy atom. The van der Waals surface area contributed by atoms with Gasteiger partial charge in [0.25, 0.3) is 11.4 Å². The molecular weight excluding hydrogens is 428 g/mol. The first kappa shape index (κ1) is 25.0. The molecule has 1 aliphatic rings. The van der Waals surface area contributed by atoms with Crippen molar-refractivity contribution < 1.29 is 38.8 Å². The molecule has 0 spiro atoms. The van der Waals surface area contributed by atoms with E-state index in [0.717, 1.165) is 19.1 Å². The van der Waals surface area contributed by atoms with E-state index in [9.17, 15) is 34.9 Å². The van der Waals surface area contributed by atoms with Crippen LogP contribution in [0.4, 0.5) is 11.4 Å². The summed E-state index contributed by atoms with van der Waals surface area (Å²) in [5.41, 5.74) is -1.84. The number of carbonyl (C=O) groups excluding carboxylic acids is 2. The second kappa shape index (κ2) is 10.9. The zero-order chi connectivity index (χ0) is 24.0. The Morgan fingerprint density at radius 1 is 1.25 bits per heavy atom. The highest BCUT2D eigenvalue weighted by Crippen LogP contribution is 2.35. The molecule has 0 saturated heterocycles. The summed E-state index contributed by atoms with van der Waals surface area (Å²) >= 11 is 0. The summed E-state index contributed by atoms with van der Waals surface area (Å²) in [6, 6.07) is 2.71. The van der Waals surface area contributed by atoms with Crippen LogP contribution in [0.2, 0.25) is 0 Å². The van der Waals surface area contributed by atoms with Crippen molar-refractivity contribution in [3.8, 4) is 0 Å². The molecule has 1 N–H and O–H groups in total. The molecule has 32 heavy (non-hydrogen) atoms. The van der Waals surface area contributed by atoms with E-state index in [-0.39, 0.29) is 17.7 Å². The van der Waals surface area contributed by atoms with Crippen LogP contribution in [0.5, 0.6) is 0 Å². The summed E-state index contributed by atoms with van der Waals surface area (Å²) in [6.07, 6.45) is -2.28. The van der Waals surface area contributed by atoms with E-state index in [4.69, 9.17) is 14.2 Å². The minimum Gasteiger partial charge on any atom is -0.463 e. The number of hydrogen-bond acceptors (Lipinski definition) is 10. The minimum absolute atomic E-state index is 0.264. The Bertz CT molecular complexity index is 927. The zero-order valence-electron chi connectivity index (χ0n) is 17.8. The monoisotopic (exact) mass is 452 g/mol. The summed E-state index contributed by atoms with van der Waals surface area (Å²) in [5.74, 6) is -1.08. The van der Waals surface area contributed by atoms with Gasteiger partial charge in [-0.05, 0) is 24.5 Å². The fraction of sp³-hybridized carbons (Fsp3) is 0.500. The van der Waals surface area contributed by atoms with Crippen LogP contribution in [0.1, 0.15) is 38.9 Å². The molecule has 174 valence electrons. The number of ketones is 1. The highest BCUT2D eigenvalue weighted by atomic mass is 16.7. The average Bonchev–Trinajstić information content (AvgIpc) is 2.72. The van der Waals surface area contributed by atoms with E-state index in [0.29, 0.717) is 18.4 Å². The number of esters is 1. The number of non-ortho nitro benzene ring substituents is 1. The third-order valence-electron chi connectivity index (χ3n) is 4.62. The van der Waals surface area contributed by atoms with Crippen molar-refractivity contribution in [3.05, 3.63) is 55.6 Å². The normalized spacial score (nSPS) is 19.4. The first-order chi connectivity index (χ1) is 15.0. The van der Waals surface area contributed by atoms with E-state index < -0.39 is 58.1 Å². The summed E-state index contributed by atoms with van der Waals surface area (Å²) in [6.45, 7) is 4.95. The number of nitro benzene ring substituents is 2. The van der Waals surface area contributed by atoms with Crippen molar-refractivity contribution in [2.45, 2.75) is 45.7 Å². The van der Waals surface area contributed by atoms with Gasteiger partial charge in [-0.2, -0.15) is 0 Å². The lowest BCUT2D eigenvalue weighted by atomic mass is 9.92. The predicted molar refractivity (Wildman–Crippen MR) is 109 cm³/mol. The van der Waals surface area contributed by atoms with Crippen LogP contribution in [0.15, 0.2) is 29.8 Å². The number of aliphatic hydroxyl groups excluding tert-OH is 1. The Hall–Kier alpha value is -3.22. The Labute approximate surface area is 183 Å². The molecule has 0 aromatic heterocycles. The van der Waals surface area contributed by atoms with Crippen molar-refractivity contribution in [1.82, 2.24) is 0 Å². The maximum atomic E-state index is 12.9. The molecule has 0 fully saturated rings. The molecule has 0 bridgehead atoms.